The summed E-state index contributed by atoms with van der Waals surface area (Å²) in [6.07, 6.45) is 0. The molecule has 7 aromatic carbocycles. The van der Waals surface area contributed by atoms with Crippen LogP contribution in [-0.4, -0.2) is 19.1 Å². The zero-order valence-electron chi connectivity index (χ0n) is 29.5. The SMILES string of the molecule is CC1(C)c2ccccc2-c2nc(-c3cccc(-n4c5ccccc5c5ccccc54)c3)nc(-c3ccc4c(c3)c3ccccc3n4-c3ccccc3)c21. The van der Waals surface area contributed by atoms with Gasteiger partial charge in [0.05, 0.1) is 33.5 Å². The molecule has 53 heavy (non-hydrogen) atoms. The average Bonchev–Trinajstić information content (AvgIpc) is 3.81. The molecule has 1 aliphatic rings. The van der Waals surface area contributed by atoms with Gasteiger partial charge in [-0.15, -0.1) is 0 Å². The summed E-state index contributed by atoms with van der Waals surface area (Å²) in [6, 6.07) is 60.9. The number of fused-ring (bicyclic) bond motifs is 9. The highest BCUT2D eigenvalue weighted by Crippen LogP contribution is 2.52. The van der Waals surface area contributed by atoms with Gasteiger partial charge in [0.25, 0.3) is 0 Å². The van der Waals surface area contributed by atoms with Gasteiger partial charge in [0, 0.05) is 60.6 Å². The summed E-state index contributed by atoms with van der Waals surface area (Å²) >= 11 is 0. The van der Waals surface area contributed by atoms with Crippen LogP contribution >= 0.6 is 0 Å². The molecule has 11 rings (SSSR count). The first-order valence-corrected chi connectivity index (χ1v) is 18.3. The fourth-order valence-electron chi connectivity index (χ4n) is 8.92. The van der Waals surface area contributed by atoms with E-state index in [4.69, 9.17) is 9.97 Å². The van der Waals surface area contributed by atoms with Gasteiger partial charge >= 0.3 is 0 Å². The first kappa shape index (κ1) is 29.9. The van der Waals surface area contributed by atoms with Crippen molar-refractivity contribution >= 4 is 43.6 Å². The minimum absolute atomic E-state index is 0.280. The van der Waals surface area contributed by atoms with Crippen molar-refractivity contribution in [3.05, 3.63) is 181 Å². The quantitative estimate of drug-likeness (QED) is 0.186. The Bertz CT molecular complexity index is 3040. The van der Waals surface area contributed by atoms with Gasteiger partial charge in [-0.05, 0) is 60.2 Å². The van der Waals surface area contributed by atoms with Gasteiger partial charge in [-0.1, -0.05) is 129 Å². The Hall–Kier alpha value is -6.78. The van der Waals surface area contributed by atoms with Crippen LogP contribution in [0.5, 0.6) is 0 Å². The molecule has 0 fully saturated rings. The third kappa shape index (κ3) is 4.30. The Labute approximate surface area is 307 Å². The van der Waals surface area contributed by atoms with Crippen LogP contribution in [0.1, 0.15) is 25.0 Å². The first-order valence-electron chi connectivity index (χ1n) is 18.3. The molecule has 0 radical (unpaired) electrons. The van der Waals surface area contributed by atoms with Crippen LogP contribution in [0.25, 0.3) is 88.9 Å². The Kier molecular flexibility index (Phi) is 6.27. The molecule has 0 unspecified atom stereocenters. The Morgan fingerprint density at radius 3 is 1.68 bits per heavy atom. The number of nitrogens with zero attached hydrogens (tertiary/aromatic N) is 4. The molecule has 4 nitrogen and oxygen atoms in total. The zero-order valence-corrected chi connectivity index (χ0v) is 29.5. The molecule has 0 atom stereocenters. The van der Waals surface area contributed by atoms with Crippen molar-refractivity contribution in [3.8, 4) is 45.3 Å². The maximum Gasteiger partial charge on any atom is 0.160 e. The number of hydrogen-bond donors (Lipinski definition) is 0. The summed E-state index contributed by atoms with van der Waals surface area (Å²) in [5, 5.41) is 4.91. The lowest BCUT2D eigenvalue weighted by molar-refractivity contribution is 0.658. The standard InChI is InChI=1S/C49H34N4/c1-49(2)40-23-10-6-22-38(40)47-45(49)46(31-27-28-44-39(30-31)37-21-9-13-26-43(37)52(44)33-16-4-3-5-17-33)50-48(51-47)32-15-14-18-34(29-32)53-41-24-11-7-19-35(41)36-20-8-12-25-42(36)53/h3-30H,1-2H3. The molecule has 0 bridgehead atoms. The summed E-state index contributed by atoms with van der Waals surface area (Å²) in [5.74, 6) is 0.723. The smallest absolute Gasteiger partial charge is 0.160 e. The fraction of sp³-hybridized carbons (Fsp3) is 0.0612. The summed E-state index contributed by atoms with van der Waals surface area (Å²) in [4.78, 5) is 11.0. The third-order valence-electron chi connectivity index (χ3n) is 11.3. The van der Waals surface area contributed by atoms with Crippen molar-refractivity contribution in [2.75, 3.05) is 0 Å². The van der Waals surface area contributed by atoms with E-state index < -0.39 is 0 Å². The molecule has 0 saturated heterocycles. The van der Waals surface area contributed by atoms with Gasteiger partial charge in [0.2, 0.25) is 0 Å². The van der Waals surface area contributed by atoms with E-state index in [0.29, 0.717) is 0 Å². The molecule has 250 valence electrons. The maximum absolute atomic E-state index is 5.54. The molecular formula is C49H34N4. The fourth-order valence-corrected chi connectivity index (χ4v) is 8.92. The molecule has 0 amide bonds. The maximum atomic E-state index is 5.54. The number of para-hydroxylation sites is 4. The third-order valence-corrected chi connectivity index (χ3v) is 11.3. The van der Waals surface area contributed by atoms with Crippen molar-refractivity contribution in [2.45, 2.75) is 19.3 Å². The van der Waals surface area contributed by atoms with Crippen LogP contribution in [0.2, 0.25) is 0 Å². The molecule has 0 saturated carbocycles. The van der Waals surface area contributed by atoms with Crippen molar-refractivity contribution in [3.63, 3.8) is 0 Å². The Morgan fingerprint density at radius 2 is 0.962 bits per heavy atom. The number of rotatable bonds is 4. The minimum atomic E-state index is -0.280. The summed E-state index contributed by atoms with van der Waals surface area (Å²) in [5.41, 5.74) is 14.4. The molecule has 0 spiro atoms. The topological polar surface area (TPSA) is 35.6 Å². The van der Waals surface area contributed by atoms with E-state index in [1.807, 2.05) is 0 Å². The molecule has 3 aromatic heterocycles. The van der Waals surface area contributed by atoms with Crippen LogP contribution in [0.15, 0.2) is 170 Å². The van der Waals surface area contributed by atoms with Gasteiger partial charge in [-0.2, -0.15) is 0 Å². The van der Waals surface area contributed by atoms with Crippen LogP contribution in [0, 0.1) is 0 Å². The summed E-state index contributed by atoms with van der Waals surface area (Å²) in [7, 11) is 0. The summed E-state index contributed by atoms with van der Waals surface area (Å²) < 4.78 is 4.72. The molecule has 1 aliphatic carbocycles. The lowest BCUT2D eigenvalue weighted by atomic mass is 9.80. The predicted molar refractivity (Wildman–Crippen MR) is 219 cm³/mol. The second-order valence-electron chi connectivity index (χ2n) is 14.6. The van der Waals surface area contributed by atoms with Crippen molar-refractivity contribution in [1.29, 1.82) is 0 Å². The van der Waals surface area contributed by atoms with Crippen molar-refractivity contribution in [2.24, 2.45) is 0 Å². The van der Waals surface area contributed by atoms with E-state index in [0.717, 1.165) is 39.7 Å². The monoisotopic (exact) mass is 678 g/mol. The largest absolute Gasteiger partial charge is 0.309 e. The lowest BCUT2D eigenvalue weighted by Crippen LogP contribution is -2.17. The van der Waals surface area contributed by atoms with Gasteiger partial charge < -0.3 is 9.13 Å². The van der Waals surface area contributed by atoms with E-state index in [1.54, 1.807) is 0 Å². The highest BCUT2D eigenvalue weighted by molar-refractivity contribution is 6.11. The van der Waals surface area contributed by atoms with E-state index in [9.17, 15) is 0 Å². The van der Waals surface area contributed by atoms with Gasteiger partial charge in [-0.25, -0.2) is 9.97 Å². The van der Waals surface area contributed by atoms with E-state index >= 15 is 0 Å². The lowest BCUT2D eigenvalue weighted by Gasteiger charge is -2.24. The second kappa shape index (κ2) is 11.1. The van der Waals surface area contributed by atoms with E-state index in [2.05, 4.69) is 193 Å². The number of hydrogen-bond acceptors (Lipinski definition) is 2. The van der Waals surface area contributed by atoms with Gasteiger partial charge in [0.1, 0.15) is 0 Å². The van der Waals surface area contributed by atoms with Gasteiger partial charge in [-0.3, -0.25) is 0 Å². The number of benzene rings is 7. The molecule has 10 aromatic rings. The van der Waals surface area contributed by atoms with Crippen LogP contribution in [0.4, 0.5) is 0 Å². The second-order valence-corrected chi connectivity index (χ2v) is 14.6. The molecule has 4 heteroatoms. The minimum Gasteiger partial charge on any atom is -0.309 e. The van der Waals surface area contributed by atoms with Crippen LogP contribution < -0.4 is 0 Å². The van der Waals surface area contributed by atoms with E-state index in [-0.39, 0.29) is 5.41 Å². The number of aromatic nitrogens is 4. The average molecular weight is 679 g/mol. The van der Waals surface area contributed by atoms with Crippen molar-refractivity contribution in [1.82, 2.24) is 19.1 Å². The van der Waals surface area contributed by atoms with E-state index in [1.165, 1.54) is 60.3 Å². The van der Waals surface area contributed by atoms with Crippen LogP contribution in [-0.2, 0) is 5.41 Å². The normalized spacial score (nSPS) is 13.2. The molecular weight excluding hydrogens is 645 g/mol. The molecule has 0 N–H and O–H groups in total. The van der Waals surface area contributed by atoms with Crippen molar-refractivity contribution < 1.29 is 0 Å². The van der Waals surface area contributed by atoms with Gasteiger partial charge in [0.15, 0.2) is 5.82 Å². The van der Waals surface area contributed by atoms with Crippen LogP contribution in [0.3, 0.4) is 0 Å². The summed E-state index contributed by atoms with van der Waals surface area (Å²) in [6.45, 7) is 4.62. The first-order chi connectivity index (χ1) is 26.1. The highest BCUT2D eigenvalue weighted by atomic mass is 15.0. The molecule has 3 heterocycles. The zero-order chi connectivity index (χ0) is 35.3. The molecule has 0 aliphatic heterocycles. The Morgan fingerprint density at radius 1 is 0.415 bits per heavy atom. The highest BCUT2D eigenvalue weighted by Gasteiger charge is 2.40. The Balaban J connectivity index is 1.16. The predicted octanol–water partition coefficient (Wildman–Crippen LogP) is 12.3.